The van der Waals surface area contributed by atoms with Crippen molar-refractivity contribution in [1.82, 2.24) is 4.90 Å². The molecule has 0 N–H and O–H groups in total. The van der Waals surface area contributed by atoms with Crippen molar-refractivity contribution < 1.29 is 4.74 Å². The molecular weight excluding hydrogens is 242 g/mol. The monoisotopic (exact) mass is 263 g/mol. The number of rotatable bonds is 6. The van der Waals surface area contributed by atoms with Crippen molar-refractivity contribution in [2.45, 2.75) is 45.2 Å². The summed E-state index contributed by atoms with van der Waals surface area (Å²) in [5.74, 6) is 0. The lowest BCUT2D eigenvalue weighted by atomic mass is 10.1. The molecule has 0 aliphatic carbocycles. The minimum absolute atomic E-state index is 0.664. The van der Waals surface area contributed by atoms with E-state index < -0.39 is 0 Å². The van der Waals surface area contributed by atoms with Gasteiger partial charge in [0.25, 0.3) is 0 Å². The molecule has 1 heterocycles. The van der Waals surface area contributed by atoms with Gasteiger partial charge in [-0.3, -0.25) is 4.90 Å². The Balaban J connectivity index is 2.51. The molecule has 0 aromatic heterocycles. The molecule has 0 bridgehead atoms. The first-order chi connectivity index (χ1) is 6.83. The number of ether oxygens (including phenoxy) is 1. The molecule has 0 aromatic carbocycles. The van der Waals surface area contributed by atoms with Gasteiger partial charge >= 0.3 is 0 Å². The summed E-state index contributed by atoms with van der Waals surface area (Å²) in [5, 5.41) is 1.07. The highest BCUT2D eigenvalue weighted by Crippen LogP contribution is 2.19. The first-order valence-electron chi connectivity index (χ1n) is 5.72. The van der Waals surface area contributed by atoms with Crippen LogP contribution >= 0.6 is 15.9 Å². The van der Waals surface area contributed by atoms with Crippen molar-refractivity contribution >= 4 is 15.9 Å². The maximum absolute atomic E-state index is 5.47. The zero-order valence-electron chi connectivity index (χ0n) is 9.34. The topological polar surface area (TPSA) is 12.5 Å². The van der Waals surface area contributed by atoms with Gasteiger partial charge in [-0.05, 0) is 19.3 Å². The molecule has 14 heavy (non-hydrogen) atoms. The predicted octanol–water partition coefficient (Wildman–Crippen LogP) is 2.66. The third-order valence-electron chi connectivity index (χ3n) is 3.13. The first kappa shape index (κ1) is 12.5. The van der Waals surface area contributed by atoms with Crippen LogP contribution < -0.4 is 0 Å². The van der Waals surface area contributed by atoms with Gasteiger partial charge in [0.2, 0.25) is 0 Å². The van der Waals surface area contributed by atoms with Gasteiger partial charge in [-0.2, -0.15) is 0 Å². The van der Waals surface area contributed by atoms with Crippen molar-refractivity contribution in [3.05, 3.63) is 0 Å². The molecule has 1 atom stereocenters. The SMILES string of the molecule is CCC(CC)N(CCBr)C1CCOC1. The van der Waals surface area contributed by atoms with E-state index in [0.717, 1.165) is 31.1 Å². The Bertz CT molecular complexity index is 142. The summed E-state index contributed by atoms with van der Waals surface area (Å²) in [6.07, 6.45) is 3.71. The molecular formula is C11H22BrNO. The van der Waals surface area contributed by atoms with Crippen LogP contribution in [0.25, 0.3) is 0 Å². The normalized spacial score (nSPS) is 22.5. The average Bonchev–Trinajstić information content (AvgIpc) is 2.71. The Hall–Kier alpha value is 0.400. The van der Waals surface area contributed by atoms with Crippen LogP contribution in [0.4, 0.5) is 0 Å². The molecule has 84 valence electrons. The highest BCUT2D eigenvalue weighted by atomic mass is 79.9. The molecule has 0 spiro atoms. The maximum atomic E-state index is 5.47. The summed E-state index contributed by atoms with van der Waals surface area (Å²) in [5.41, 5.74) is 0. The molecule has 0 aromatic rings. The van der Waals surface area contributed by atoms with Crippen molar-refractivity contribution in [1.29, 1.82) is 0 Å². The number of hydrogen-bond donors (Lipinski definition) is 0. The van der Waals surface area contributed by atoms with Crippen LogP contribution in [0.1, 0.15) is 33.1 Å². The number of hydrogen-bond acceptors (Lipinski definition) is 2. The van der Waals surface area contributed by atoms with Crippen LogP contribution in [0.2, 0.25) is 0 Å². The summed E-state index contributed by atoms with van der Waals surface area (Å²) in [7, 11) is 0. The fraction of sp³-hybridized carbons (Fsp3) is 1.00. The second kappa shape index (κ2) is 6.81. The van der Waals surface area contributed by atoms with Crippen molar-refractivity contribution in [2.75, 3.05) is 25.1 Å². The third-order valence-corrected chi connectivity index (χ3v) is 3.48. The first-order valence-corrected chi connectivity index (χ1v) is 6.85. The number of halogens is 1. The predicted molar refractivity (Wildman–Crippen MR) is 64.1 cm³/mol. The van der Waals surface area contributed by atoms with E-state index in [-0.39, 0.29) is 0 Å². The van der Waals surface area contributed by atoms with Crippen LogP contribution in [-0.2, 0) is 4.74 Å². The molecule has 0 amide bonds. The van der Waals surface area contributed by atoms with E-state index in [1.54, 1.807) is 0 Å². The Morgan fingerprint density at radius 2 is 2.14 bits per heavy atom. The van der Waals surface area contributed by atoms with Gasteiger partial charge in [0, 0.05) is 30.6 Å². The molecule has 3 heteroatoms. The largest absolute Gasteiger partial charge is 0.380 e. The summed E-state index contributed by atoms with van der Waals surface area (Å²) in [6, 6.07) is 1.40. The second-order valence-corrected chi connectivity index (χ2v) is 4.71. The summed E-state index contributed by atoms with van der Waals surface area (Å²) in [6.45, 7) is 7.60. The Labute approximate surface area is 96.1 Å². The summed E-state index contributed by atoms with van der Waals surface area (Å²) < 4.78 is 5.47. The van der Waals surface area contributed by atoms with Gasteiger partial charge < -0.3 is 4.74 Å². The lowest BCUT2D eigenvalue weighted by molar-refractivity contribution is 0.110. The molecule has 1 unspecified atom stereocenters. The van der Waals surface area contributed by atoms with E-state index in [4.69, 9.17) is 4.74 Å². The van der Waals surface area contributed by atoms with E-state index in [0.29, 0.717) is 6.04 Å². The molecule has 1 rings (SSSR count). The molecule has 0 saturated carbocycles. The maximum Gasteiger partial charge on any atom is 0.0622 e. The highest BCUT2D eigenvalue weighted by molar-refractivity contribution is 9.09. The van der Waals surface area contributed by atoms with Crippen LogP contribution in [-0.4, -0.2) is 42.1 Å². The van der Waals surface area contributed by atoms with E-state index >= 15 is 0 Å². The molecule has 2 nitrogen and oxygen atoms in total. The van der Waals surface area contributed by atoms with E-state index in [9.17, 15) is 0 Å². The highest BCUT2D eigenvalue weighted by Gasteiger charge is 2.26. The average molecular weight is 264 g/mol. The summed E-state index contributed by atoms with van der Waals surface area (Å²) in [4.78, 5) is 2.63. The molecule has 1 saturated heterocycles. The third kappa shape index (κ3) is 3.21. The van der Waals surface area contributed by atoms with Crippen molar-refractivity contribution in [2.24, 2.45) is 0 Å². The Morgan fingerprint density at radius 3 is 2.57 bits per heavy atom. The fourth-order valence-electron chi connectivity index (χ4n) is 2.30. The quantitative estimate of drug-likeness (QED) is 0.684. The lowest BCUT2D eigenvalue weighted by Crippen LogP contribution is -2.44. The van der Waals surface area contributed by atoms with Crippen molar-refractivity contribution in [3.8, 4) is 0 Å². The van der Waals surface area contributed by atoms with E-state index in [1.165, 1.54) is 19.3 Å². The van der Waals surface area contributed by atoms with Crippen LogP contribution in [0, 0.1) is 0 Å². The zero-order valence-corrected chi connectivity index (χ0v) is 10.9. The Kier molecular flexibility index (Phi) is 6.06. The number of alkyl halides is 1. The van der Waals surface area contributed by atoms with Gasteiger partial charge in [-0.15, -0.1) is 0 Å². The van der Waals surface area contributed by atoms with Gasteiger partial charge in [0.1, 0.15) is 0 Å². The van der Waals surface area contributed by atoms with Crippen LogP contribution in [0.3, 0.4) is 0 Å². The van der Waals surface area contributed by atoms with Gasteiger partial charge in [0.05, 0.1) is 6.61 Å². The lowest BCUT2D eigenvalue weighted by Gasteiger charge is -2.34. The molecule has 1 aliphatic heterocycles. The minimum Gasteiger partial charge on any atom is -0.380 e. The van der Waals surface area contributed by atoms with Crippen molar-refractivity contribution in [3.63, 3.8) is 0 Å². The van der Waals surface area contributed by atoms with Gasteiger partial charge in [0.15, 0.2) is 0 Å². The Morgan fingerprint density at radius 1 is 1.43 bits per heavy atom. The standard InChI is InChI=1S/C11H22BrNO/c1-3-10(4-2)13(7-6-12)11-5-8-14-9-11/h10-11H,3-9H2,1-2H3. The zero-order chi connectivity index (χ0) is 10.4. The smallest absolute Gasteiger partial charge is 0.0622 e. The van der Waals surface area contributed by atoms with Gasteiger partial charge in [-0.1, -0.05) is 29.8 Å². The minimum atomic E-state index is 0.664. The molecule has 1 aliphatic rings. The number of nitrogens with zero attached hydrogens (tertiary/aromatic N) is 1. The van der Waals surface area contributed by atoms with Crippen LogP contribution in [0.15, 0.2) is 0 Å². The molecule has 1 fully saturated rings. The second-order valence-electron chi connectivity index (χ2n) is 3.91. The van der Waals surface area contributed by atoms with Gasteiger partial charge in [-0.25, -0.2) is 0 Å². The fourth-order valence-corrected chi connectivity index (χ4v) is 2.71. The van der Waals surface area contributed by atoms with E-state index in [2.05, 4.69) is 34.7 Å². The van der Waals surface area contributed by atoms with E-state index in [1.807, 2.05) is 0 Å². The van der Waals surface area contributed by atoms with Crippen LogP contribution in [0.5, 0.6) is 0 Å². The molecule has 0 radical (unpaired) electrons. The summed E-state index contributed by atoms with van der Waals surface area (Å²) >= 11 is 3.54.